The van der Waals surface area contributed by atoms with Crippen molar-refractivity contribution in [1.29, 1.82) is 0 Å². The number of methoxy groups -OCH3 is 1. The van der Waals surface area contributed by atoms with Crippen LogP contribution in [-0.4, -0.2) is 68.8 Å². The molecule has 2 aromatic carbocycles. The summed E-state index contributed by atoms with van der Waals surface area (Å²) in [4.78, 5) is 31.3. The monoisotopic (exact) mass is 532 g/mol. The van der Waals surface area contributed by atoms with Crippen molar-refractivity contribution >= 4 is 44.2 Å². The molecule has 36 heavy (non-hydrogen) atoms. The molecule has 13 heteroatoms. The zero-order valence-corrected chi connectivity index (χ0v) is 20.9. The molecule has 1 amide bonds. The molecule has 2 heterocycles. The molecule has 0 atom stereocenters. The van der Waals surface area contributed by atoms with Crippen LogP contribution in [0.5, 0.6) is 5.75 Å². The minimum Gasteiger partial charge on any atom is -0.495 e. The van der Waals surface area contributed by atoms with Crippen LogP contribution in [-0.2, 0) is 21.4 Å². The fourth-order valence-electron chi connectivity index (χ4n) is 3.52. The fourth-order valence-corrected chi connectivity index (χ4v) is 5.74. The van der Waals surface area contributed by atoms with Gasteiger partial charge < -0.3 is 24.4 Å². The topological polar surface area (TPSA) is 138 Å². The number of aromatic carboxylic acids is 1. The van der Waals surface area contributed by atoms with Crippen LogP contribution in [0.4, 0.5) is 15.6 Å². The van der Waals surface area contributed by atoms with E-state index in [1.807, 2.05) is 35.2 Å². The summed E-state index contributed by atoms with van der Waals surface area (Å²) in [7, 11) is -2.73. The Hall–Kier alpha value is -3.84. The average Bonchev–Trinajstić information content (AvgIpc) is 3.39. The van der Waals surface area contributed by atoms with Gasteiger partial charge in [-0.15, -0.1) is 11.3 Å². The number of nitrogens with zero attached hydrogens (tertiary/aromatic N) is 3. The van der Waals surface area contributed by atoms with Crippen LogP contribution in [0.25, 0.3) is 0 Å². The first-order chi connectivity index (χ1) is 17.3. The summed E-state index contributed by atoms with van der Waals surface area (Å²) in [6, 6.07) is 13.3. The number of benzene rings is 2. The molecule has 0 aliphatic carbocycles. The van der Waals surface area contributed by atoms with Gasteiger partial charge in [0.05, 0.1) is 18.4 Å². The minimum atomic E-state index is -4.04. The molecule has 1 fully saturated rings. The molecule has 0 radical (unpaired) electrons. The van der Waals surface area contributed by atoms with Crippen molar-refractivity contribution in [2.45, 2.75) is 11.6 Å². The number of carboxylic acids is 1. The Morgan fingerprint density at radius 3 is 2.50 bits per heavy atom. The predicted octanol–water partition coefficient (Wildman–Crippen LogP) is 3.11. The van der Waals surface area contributed by atoms with Crippen molar-refractivity contribution in [3.8, 4) is 5.75 Å². The minimum absolute atomic E-state index is 0.0335. The van der Waals surface area contributed by atoms with Crippen LogP contribution in [0.2, 0.25) is 0 Å². The zero-order valence-electron chi connectivity index (χ0n) is 19.3. The van der Waals surface area contributed by atoms with Crippen molar-refractivity contribution < 1.29 is 32.6 Å². The average molecular weight is 533 g/mol. The Bertz CT molecular complexity index is 1340. The van der Waals surface area contributed by atoms with Gasteiger partial charge in [0.2, 0.25) is 0 Å². The molecule has 3 aromatic rings. The van der Waals surface area contributed by atoms with E-state index in [2.05, 4.69) is 9.71 Å². The number of thiazole rings is 1. The number of aromatic nitrogens is 1. The second-order valence-corrected chi connectivity index (χ2v) is 10.3. The number of hydrogen-bond donors (Lipinski definition) is 2. The number of ether oxygens (including phenoxy) is 2. The van der Waals surface area contributed by atoms with Gasteiger partial charge >= 0.3 is 12.1 Å². The smallest absolute Gasteiger partial charge is 0.410 e. The summed E-state index contributed by atoms with van der Waals surface area (Å²) >= 11 is 1.18. The highest BCUT2D eigenvalue weighted by Gasteiger charge is 2.26. The van der Waals surface area contributed by atoms with E-state index in [1.165, 1.54) is 42.0 Å². The maximum Gasteiger partial charge on any atom is 0.410 e. The molecule has 1 saturated heterocycles. The zero-order chi connectivity index (χ0) is 25.7. The predicted molar refractivity (Wildman–Crippen MR) is 133 cm³/mol. The first kappa shape index (κ1) is 25.3. The second kappa shape index (κ2) is 10.8. The SMILES string of the molecule is COc1cc(C(=O)O)ccc1NS(=O)(=O)c1csc(N2CCN(C(=O)OCc3ccccc3)CC2)n1. The molecule has 2 N–H and O–H groups in total. The lowest BCUT2D eigenvalue weighted by Crippen LogP contribution is -2.48. The lowest BCUT2D eigenvalue weighted by molar-refractivity contribution is 0.0696. The molecule has 1 aliphatic rings. The van der Waals surface area contributed by atoms with Crippen molar-refractivity contribution in [1.82, 2.24) is 9.88 Å². The Morgan fingerprint density at radius 1 is 1.11 bits per heavy atom. The van der Waals surface area contributed by atoms with Gasteiger partial charge in [-0.25, -0.2) is 14.6 Å². The van der Waals surface area contributed by atoms with Crippen LogP contribution < -0.4 is 14.4 Å². The molecule has 0 unspecified atom stereocenters. The number of amides is 1. The number of hydrogen-bond acceptors (Lipinski definition) is 9. The van der Waals surface area contributed by atoms with Crippen molar-refractivity contribution in [3.63, 3.8) is 0 Å². The molecular weight excluding hydrogens is 508 g/mol. The largest absolute Gasteiger partial charge is 0.495 e. The third-order valence-electron chi connectivity index (χ3n) is 5.45. The highest BCUT2D eigenvalue weighted by atomic mass is 32.2. The number of carbonyl (C=O) groups is 2. The summed E-state index contributed by atoms with van der Waals surface area (Å²) in [5.41, 5.74) is 0.971. The third-order valence-corrected chi connectivity index (χ3v) is 7.75. The van der Waals surface area contributed by atoms with Gasteiger partial charge in [0.25, 0.3) is 10.0 Å². The molecule has 1 aliphatic heterocycles. The molecule has 1 aromatic heterocycles. The van der Waals surface area contributed by atoms with Gasteiger partial charge in [0.15, 0.2) is 10.2 Å². The van der Waals surface area contributed by atoms with Crippen LogP contribution in [0.15, 0.2) is 58.9 Å². The Kier molecular flexibility index (Phi) is 7.60. The normalized spacial score (nSPS) is 13.8. The van der Waals surface area contributed by atoms with Gasteiger partial charge in [-0.3, -0.25) is 4.72 Å². The molecule has 0 spiro atoms. The van der Waals surface area contributed by atoms with E-state index in [-0.39, 0.29) is 28.6 Å². The van der Waals surface area contributed by atoms with Crippen LogP contribution in [0.3, 0.4) is 0 Å². The number of carbonyl (C=O) groups excluding carboxylic acids is 1. The maximum absolute atomic E-state index is 12.9. The quantitative estimate of drug-likeness (QED) is 0.448. The van der Waals surface area contributed by atoms with E-state index in [0.717, 1.165) is 5.56 Å². The number of rotatable bonds is 8. The molecule has 190 valence electrons. The summed E-state index contributed by atoms with van der Waals surface area (Å²) in [6.07, 6.45) is -0.395. The van der Waals surface area contributed by atoms with Gasteiger partial charge in [-0.1, -0.05) is 30.3 Å². The molecule has 4 rings (SSSR count). The fraction of sp³-hybridized carbons (Fsp3) is 0.261. The third kappa shape index (κ3) is 5.86. The Labute approximate surface area is 211 Å². The Balaban J connectivity index is 1.35. The first-order valence-electron chi connectivity index (χ1n) is 10.9. The van der Waals surface area contributed by atoms with Crippen LogP contribution >= 0.6 is 11.3 Å². The van der Waals surface area contributed by atoms with Crippen LogP contribution in [0.1, 0.15) is 15.9 Å². The summed E-state index contributed by atoms with van der Waals surface area (Å²) in [6.45, 7) is 1.99. The second-order valence-electron chi connectivity index (χ2n) is 7.81. The number of piperazine rings is 1. The van der Waals surface area contributed by atoms with Gasteiger partial charge in [-0.05, 0) is 23.8 Å². The van der Waals surface area contributed by atoms with Crippen LogP contribution in [0, 0.1) is 0 Å². The molecule has 0 bridgehead atoms. The number of anilines is 2. The highest BCUT2D eigenvalue weighted by molar-refractivity contribution is 7.92. The maximum atomic E-state index is 12.9. The van der Waals surface area contributed by atoms with E-state index in [4.69, 9.17) is 14.6 Å². The molecule has 0 saturated carbocycles. The van der Waals surface area contributed by atoms with Crippen molar-refractivity contribution in [2.24, 2.45) is 0 Å². The lowest BCUT2D eigenvalue weighted by Gasteiger charge is -2.33. The van der Waals surface area contributed by atoms with Gasteiger partial charge in [-0.2, -0.15) is 8.42 Å². The summed E-state index contributed by atoms with van der Waals surface area (Å²) in [5, 5.41) is 10.9. The van der Waals surface area contributed by atoms with Gasteiger partial charge in [0.1, 0.15) is 12.4 Å². The summed E-state index contributed by atoms with van der Waals surface area (Å²) in [5.74, 6) is -1.08. The molecule has 11 nitrogen and oxygen atoms in total. The van der Waals surface area contributed by atoms with Crippen molar-refractivity contribution in [2.75, 3.05) is 42.9 Å². The number of nitrogens with one attached hydrogen (secondary N) is 1. The highest BCUT2D eigenvalue weighted by Crippen LogP contribution is 2.30. The number of sulfonamides is 1. The van der Waals surface area contributed by atoms with E-state index < -0.39 is 22.1 Å². The summed E-state index contributed by atoms with van der Waals surface area (Å²) < 4.78 is 38.7. The van der Waals surface area contributed by atoms with E-state index >= 15 is 0 Å². The van der Waals surface area contributed by atoms with E-state index in [1.54, 1.807) is 4.90 Å². The van der Waals surface area contributed by atoms with Gasteiger partial charge in [0, 0.05) is 31.6 Å². The van der Waals surface area contributed by atoms with E-state index in [0.29, 0.717) is 31.3 Å². The first-order valence-corrected chi connectivity index (χ1v) is 13.2. The number of carboxylic acid groups (broad SMARTS) is 1. The lowest BCUT2D eigenvalue weighted by atomic mass is 10.2. The Morgan fingerprint density at radius 2 is 1.83 bits per heavy atom. The standard InChI is InChI=1S/C23H24N4O7S2/c1-33-19-13-17(21(28)29)7-8-18(19)25-36(31,32)20-15-35-22(24-20)26-9-11-27(12-10-26)23(30)34-14-16-5-3-2-4-6-16/h2-8,13,15,25H,9-12,14H2,1H3,(H,28,29). The van der Waals surface area contributed by atoms with Crippen molar-refractivity contribution in [3.05, 3.63) is 65.0 Å². The van der Waals surface area contributed by atoms with E-state index in [9.17, 15) is 18.0 Å². The molecular formula is C23H24N4O7S2.